The molecule has 0 unspecified atom stereocenters. The molecular weight excluding hydrogens is 627 g/mol. The molecule has 50 heavy (non-hydrogen) atoms. The highest BCUT2D eigenvalue weighted by Gasteiger charge is 2.45. The highest BCUT2D eigenvalue weighted by molar-refractivity contribution is 7.99. The zero-order chi connectivity index (χ0) is 33.3. The number of fused-ring (bicyclic) bond motifs is 2. The molecule has 0 amide bonds. The highest BCUT2D eigenvalue weighted by atomic mass is 32.2. The van der Waals surface area contributed by atoms with E-state index < -0.39 is 5.41 Å². The van der Waals surface area contributed by atoms with Crippen LogP contribution in [0.5, 0.6) is 0 Å². The topological polar surface area (TPSA) is 38.7 Å². The molecule has 7 aromatic carbocycles. The number of hydrogen-bond acceptors (Lipinski definition) is 4. The minimum Gasteiger partial charge on any atom is -0.208 e. The number of benzene rings is 7. The highest BCUT2D eigenvalue weighted by Crippen LogP contribution is 2.57. The number of rotatable bonds is 6. The lowest BCUT2D eigenvalue weighted by Crippen LogP contribution is -2.34. The molecule has 0 saturated heterocycles. The first-order valence-corrected chi connectivity index (χ1v) is 17.6. The van der Waals surface area contributed by atoms with Crippen LogP contribution in [0.3, 0.4) is 0 Å². The molecular formula is C46H31N3S. The average molecular weight is 658 g/mol. The Morgan fingerprint density at radius 1 is 0.320 bits per heavy atom. The summed E-state index contributed by atoms with van der Waals surface area (Å²) in [5.74, 6) is 1.95. The van der Waals surface area contributed by atoms with Gasteiger partial charge in [-0.2, -0.15) is 0 Å². The Morgan fingerprint density at radius 2 is 0.700 bits per heavy atom. The van der Waals surface area contributed by atoms with Crippen LogP contribution < -0.4 is 0 Å². The van der Waals surface area contributed by atoms with E-state index in [4.69, 9.17) is 15.0 Å². The molecule has 2 heterocycles. The summed E-state index contributed by atoms with van der Waals surface area (Å²) in [5.41, 5.74) is 9.74. The summed E-state index contributed by atoms with van der Waals surface area (Å²) >= 11 is 1.86. The molecule has 0 saturated carbocycles. The van der Waals surface area contributed by atoms with Crippen LogP contribution in [-0.2, 0) is 5.41 Å². The van der Waals surface area contributed by atoms with E-state index in [2.05, 4.69) is 127 Å². The van der Waals surface area contributed by atoms with Gasteiger partial charge in [0.2, 0.25) is 0 Å². The van der Waals surface area contributed by atoms with Crippen LogP contribution >= 0.6 is 11.8 Å². The Morgan fingerprint density at radius 3 is 1.22 bits per heavy atom. The largest absolute Gasteiger partial charge is 0.208 e. The molecule has 8 aromatic rings. The lowest BCUT2D eigenvalue weighted by atomic mass is 9.63. The minimum absolute atomic E-state index is 0.516. The Kier molecular flexibility index (Phi) is 7.64. The SMILES string of the molecule is c1ccc(-c2nc(-c3ccccc3)nc(-c3ccc(-c4ccccc4C4(c5ccccc5)c5ccccc5Sc5ccccc54)cc3)n2)cc1. The average Bonchev–Trinajstić information content (AvgIpc) is 3.21. The van der Waals surface area contributed by atoms with Crippen molar-refractivity contribution in [3.63, 3.8) is 0 Å². The van der Waals surface area contributed by atoms with E-state index in [-0.39, 0.29) is 0 Å². The summed E-state index contributed by atoms with van der Waals surface area (Å²) in [7, 11) is 0. The third-order valence-corrected chi connectivity index (χ3v) is 10.6. The van der Waals surface area contributed by atoms with E-state index in [1.807, 2.05) is 72.4 Å². The Labute approximate surface area is 296 Å². The molecule has 1 aromatic heterocycles. The maximum atomic E-state index is 4.97. The smallest absolute Gasteiger partial charge is 0.164 e. The predicted molar refractivity (Wildman–Crippen MR) is 204 cm³/mol. The molecule has 0 radical (unpaired) electrons. The van der Waals surface area contributed by atoms with Crippen LogP contribution in [0.4, 0.5) is 0 Å². The number of nitrogens with zero attached hydrogens (tertiary/aromatic N) is 3. The molecule has 0 spiro atoms. The van der Waals surface area contributed by atoms with Crippen molar-refractivity contribution in [3.05, 3.63) is 210 Å². The fraction of sp³-hybridized carbons (Fsp3) is 0.0217. The quantitative estimate of drug-likeness (QED) is 0.178. The molecule has 9 rings (SSSR count). The van der Waals surface area contributed by atoms with E-state index in [9.17, 15) is 0 Å². The maximum Gasteiger partial charge on any atom is 0.164 e. The third-order valence-electron chi connectivity index (χ3n) is 9.49. The van der Waals surface area contributed by atoms with Gasteiger partial charge in [0.05, 0.1) is 5.41 Å². The van der Waals surface area contributed by atoms with E-state index in [0.717, 1.165) is 22.3 Å². The third kappa shape index (κ3) is 5.13. The molecule has 0 atom stereocenters. The van der Waals surface area contributed by atoms with Crippen molar-refractivity contribution >= 4 is 11.8 Å². The lowest BCUT2D eigenvalue weighted by Gasteiger charge is -2.42. The van der Waals surface area contributed by atoms with Crippen LogP contribution in [0.2, 0.25) is 0 Å². The summed E-state index contributed by atoms with van der Waals surface area (Å²) in [6.45, 7) is 0. The first kappa shape index (κ1) is 30.0. The number of aromatic nitrogens is 3. The first-order valence-electron chi connectivity index (χ1n) is 16.8. The molecule has 236 valence electrons. The van der Waals surface area contributed by atoms with Crippen LogP contribution in [0, 0.1) is 0 Å². The van der Waals surface area contributed by atoms with E-state index in [0.29, 0.717) is 17.5 Å². The normalized spacial score (nSPS) is 12.9. The summed E-state index contributed by atoms with van der Waals surface area (Å²) in [6, 6.07) is 66.5. The Hall–Kier alpha value is -6.10. The fourth-order valence-corrected chi connectivity index (χ4v) is 8.43. The maximum absolute atomic E-state index is 4.97. The van der Waals surface area contributed by atoms with Crippen molar-refractivity contribution in [1.82, 2.24) is 15.0 Å². The van der Waals surface area contributed by atoms with Gasteiger partial charge in [0.1, 0.15) is 0 Å². The summed E-state index contributed by atoms with van der Waals surface area (Å²) in [4.78, 5) is 17.4. The van der Waals surface area contributed by atoms with Gasteiger partial charge in [0, 0.05) is 26.5 Å². The zero-order valence-electron chi connectivity index (χ0n) is 27.1. The Bertz CT molecular complexity index is 2340. The van der Waals surface area contributed by atoms with Crippen molar-refractivity contribution < 1.29 is 0 Å². The van der Waals surface area contributed by atoms with Gasteiger partial charge in [-0.25, -0.2) is 15.0 Å². The van der Waals surface area contributed by atoms with Gasteiger partial charge in [0.25, 0.3) is 0 Å². The van der Waals surface area contributed by atoms with Crippen LogP contribution in [0.1, 0.15) is 22.3 Å². The van der Waals surface area contributed by atoms with E-state index in [1.54, 1.807) is 0 Å². The second-order valence-electron chi connectivity index (χ2n) is 12.4. The predicted octanol–water partition coefficient (Wildman–Crippen LogP) is 11.4. The molecule has 3 nitrogen and oxygen atoms in total. The lowest BCUT2D eigenvalue weighted by molar-refractivity contribution is 0.704. The van der Waals surface area contributed by atoms with E-state index in [1.165, 1.54) is 37.6 Å². The Balaban J connectivity index is 1.22. The van der Waals surface area contributed by atoms with Crippen molar-refractivity contribution in [2.45, 2.75) is 15.2 Å². The molecule has 0 bridgehead atoms. The monoisotopic (exact) mass is 657 g/mol. The molecule has 0 aliphatic carbocycles. The standard InChI is InChI=1S/C46H31N3S/c1-4-16-33(17-5-1)43-47-44(34-18-6-2-7-19-34)49-45(48-43)35-30-28-32(29-31-35)37-22-10-11-23-38(37)46(36-20-8-3-9-21-36)39-24-12-14-26-41(39)50-42-27-15-13-25-40(42)46/h1-31H. The summed E-state index contributed by atoms with van der Waals surface area (Å²) < 4.78 is 0. The minimum atomic E-state index is -0.516. The van der Waals surface area contributed by atoms with Gasteiger partial charge < -0.3 is 0 Å². The van der Waals surface area contributed by atoms with Crippen LogP contribution in [0.15, 0.2) is 198 Å². The van der Waals surface area contributed by atoms with Gasteiger partial charge in [0.15, 0.2) is 17.5 Å². The van der Waals surface area contributed by atoms with Gasteiger partial charge in [-0.15, -0.1) is 0 Å². The molecule has 1 aliphatic heterocycles. The second-order valence-corrected chi connectivity index (χ2v) is 13.5. The zero-order valence-corrected chi connectivity index (χ0v) is 28.0. The molecule has 0 N–H and O–H groups in total. The van der Waals surface area contributed by atoms with Gasteiger partial charge in [-0.05, 0) is 45.5 Å². The summed E-state index contributed by atoms with van der Waals surface area (Å²) in [5, 5.41) is 0. The first-order chi connectivity index (χ1) is 24.8. The molecule has 4 heteroatoms. The van der Waals surface area contributed by atoms with Gasteiger partial charge in [-0.1, -0.05) is 188 Å². The van der Waals surface area contributed by atoms with Crippen molar-refractivity contribution in [2.24, 2.45) is 0 Å². The van der Waals surface area contributed by atoms with Gasteiger partial charge >= 0.3 is 0 Å². The summed E-state index contributed by atoms with van der Waals surface area (Å²) in [6.07, 6.45) is 0. The number of hydrogen-bond donors (Lipinski definition) is 0. The van der Waals surface area contributed by atoms with Crippen molar-refractivity contribution in [2.75, 3.05) is 0 Å². The van der Waals surface area contributed by atoms with Crippen LogP contribution in [-0.4, -0.2) is 15.0 Å². The fourth-order valence-electron chi connectivity index (χ4n) is 7.24. The van der Waals surface area contributed by atoms with Crippen molar-refractivity contribution in [3.8, 4) is 45.3 Å². The van der Waals surface area contributed by atoms with E-state index >= 15 is 0 Å². The molecule has 1 aliphatic rings. The van der Waals surface area contributed by atoms with Crippen LogP contribution in [0.25, 0.3) is 45.3 Å². The van der Waals surface area contributed by atoms with Crippen molar-refractivity contribution in [1.29, 1.82) is 0 Å². The molecule has 0 fully saturated rings. The van der Waals surface area contributed by atoms with Gasteiger partial charge in [-0.3, -0.25) is 0 Å². The second kappa shape index (κ2) is 12.7.